The summed E-state index contributed by atoms with van der Waals surface area (Å²) in [5.41, 5.74) is -0.446. The molecule has 0 bridgehead atoms. The minimum absolute atomic E-state index is 0.216. The largest absolute Gasteiger partial charge is 0.444 e. The Bertz CT molecular complexity index is 617. The molecule has 0 saturated carbocycles. The first-order valence-electron chi connectivity index (χ1n) is 10.6. The van der Waals surface area contributed by atoms with Crippen LogP contribution in [0, 0.1) is 0 Å². The molecule has 2 heterocycles. The number of carbonyl (C=O) groups excluding carboxylic acids is 1. The molecular formula is C20H37N7O2. The smallest absolute Gasteiger partial charge is 0.410 e. The number of ether oxygens (including phenoxy) is 1. The number of amides is 1. The topological polar surface area (TPSA) is 87.0 Å². The Balaban J connectivity index is 1.64. The van der Waals surface area contributed by atoms with Crippen molar-refractivity contribution in [2.75, 3.05) is 52.4 Å². The van der Waals surface area contributed by atoms with Gasteiger partial charge < -0.3 is 20.3 Å². The lowest BCUT2D eigenvalue weighted by Crippen LogP contribution is -2.51. The van der Waals surface area contributed by atoms with Crippen molar-refractivity contribution in [3.05, 3.63) is 18.5 Å². The summed E-state index contributed by atoms with van der Waals surface area (Å²) in [5, 5.41) is 10.9. The van der Waals surface area contributed by atoms with Crippen molar-refractivity contribution in [1.29, 1.82) is 0 Å². The average Bonchev–Trinajstić information content (AvgIpc) is 3.18. The van der Waals surface area contributed by atoms with E-state index in [1.807, 2.05) is 37.7 Å². The van der Waals surface area contributed by atoms with Crippen LogP contribution in [0.2, 0.25) is 0 Å². The average molecular weight is 408 g/mol. The van der Waals surface area contributed by atoms with Gasteiger partial charge in [-0.1, -0.05) is 0 Å². The van der Waals surface area contributed by atoms with E-state index in [0.717, 1.165) is 58.2 Å². The highest BCUT2D eigenvalue weighted by molar-refractivity contribution is 5.79. The number of aryl methyl sites for hydroxylation is 1. The Morgan fingerprint density at radius 2 is 1.93 bits per heavy atom. The first kappa shape index (κ1) is 23.0. The number of nitrogens with one attached hydrogen (secondary N) is 2. The summed E-state index contributed by atoms with van der Waals surface area (Å²) in [5.74, 6) is 0.848. The molecule has 1 aliphatic heterocycles. The van der Waals surface area contributed by atoms with Gasteiger partial charge in [-0.05, 0) is 40.2 Å². The predicted octanol–water partition coefficient (Wildman–Crippen LogP) is 1.38. The zero-order valence-electron chi connectivity index (χ0n) is 18.4. The molecule has 0 unspecified atom stereocenters. The molecule has 1 amide bonds. The normalized spacial score (nSPS) is 16.0. The molecule has 0 aliphatic carbocycles. The van der Waals surface area contributed by atoms with E-state index in [9.17, 15) is 4.79 Å². The van der Waals surface area contributed by atoms with Gasteiger partial charge in [0.1, 0.15) is 5.60 Å². The van der Waals surface area contributed by atoms with Gasteiger partial charge in [0, 0.05) is 71.3 Å². The molecule has 1 aromatic heterocycles. The van der Waals surface area contributed by atoms with Crippen LogP contribution < -0.4 is 10.6 Å². The van der Waals surface area contributed by atoms with Crippen LogP contribution in [0.15, 0.2) is 23.5 Å². The lowest BCUT2D eigenvalue weighted by atomic mass is 10.2. The van der Waals surface area contributed by atoms with Gasteiger partial charge in [-0.25, -0.2) is 4.79 Å². The summed E-state index contributed by atoms with van der Waals surface area (Å²) >= 11 is 0. The van der Waals surface area contributed by atoms with Gasteiger partial charge >= 0.3 is 6.09 Å². The molecule has 0 radical (unpaired) electrons. The van der Waals surface area contributed by atoms with Crippen molar-refractivity contribution in [2.24, 2.45) is 4.99 Å². The molecule has 1 aromatic rings. The highest BCUT2D eigenvalue weighted by Crippen LogP contribution is 2.11. The molecule has 1 aliphatic rings. The Hall–Kier alpha value is -2.29. The summed E-state index contributed by atoms with van der Waals surface area (Å²) in [6.45, 7) is 15.1. The predicted molar refractivity (Wildman–Crippen MR) is 115 cm³/mol. The highest BCUT2D eigenvalue weighted by Gasteiger charge is 2.25. The highest BCUT2D eigenvalue weighted by atomic mass is 16.6. The maximum atomic E-state index is 12.1. The van der Waals surface area contributed by atoms with Crippen LogP contribution in [0.4, 0.5) is 4.79 Å². The second-order valence-electron chi connectivity index (χ2n) is 8.12. The Morgan fingerprint density at radius 1 is 1.17 bits per heavy atom. The third-order valence-corrected chi connectivity index (χ3v) is 4.46. The number of rotatable bonds is 8. The molecule has 9 nitrogen and oxygen atoms in total. The van der Waals surface area contributed by atoms with Crippen molar-refractivity contribution in [1.82, 2.24) is 30.2 Å². The summed E-state index contributed by atoms with van der Waals surface area (Å²) in [4.78, 5) is 20.9. The van der Waals surface area contributed by atoms with Crippen LogP contribution in [-0.4, -0.2) is 89.6 Å². The SMILES string of the molecule is CCNC(=NCCCn1cccn1)NCCN1CCN(C(=O)OC(C)(C)C)CC1. The molecule has 1 saturated heterocycles. The van der Waals surface area contributed by atoms with Gasteiger partial charge in [-0.15, -0.1) is 0 Å². The Morgan fingerprint density at radius 3 is 2.55 bits per heavy atom. The number of hydrogen-bond donors (Lipinski definition) is 2. The molecule has 0 aromatic carbocycles. The molecule has 2 rings (SSSR count). The van der Waals surface area contributed by atoms with Crippen LogP contribution in [-0.2, 0) is 11.3 Å². The van der Waals surface area contributed by atoms with E-state index in [0.29, 0.717) is 13.1 Å². The van der Waals surface area contributed by atoms with Gasteiger partial charge in [0.25, 0.3) is 0 Å². The zero-order chi connectivity index (χ0) is 21.1. The lowest BCUT2D eigenvalue weighted by molar-refractivity contribution is 0.0147. The minimum Gasteiger partial charge on any atom is -0.444 e. The summed E-state index contributed by atoms with van der Waals surface area (Å²) in [7, 11) is 0. The summed E-state index contributed by atoms with van der Waals surface area (Å²) in [6, 6.07) is 1.93. The second-order valence-corrected chi connectivity index (χ2v) is 8.12. The van der Waals surface area contributed by atoms with Crippen LogP contribution in [0.3, 0.4) is 0 Å². The van der Waals surface area contributed by atoms with E-state index in [4.69, 9.17) is 4.74 Å². The van der Waals surface area contributed by atoms with Crippen molar-refractivity contribution >= 4 is 12.1 Å². The number of hydrogen-bond acceptors (Lipinski definition) is 5. The number of aliphatic imine (C=N–C) groups is 1. The van der Waals surface area contributed by atoms with Crippen LogP contribution in [0.1, 0.15) is 34.1 Å². The monoisotopic (exact) mass is 407 g/mol. The van der Waals surface area contributed by atoms with E-state index < -0.39 is 5.60 Å². The van der Waals surface area contributed by atoms with E-state index in [-0.39, 0.29) is 6.09 Å². The van der Waals surface area contributed by atoms with Gasteiger partial charge in [-0.3, -0.25) is 14.6 Å². The maximum Gasteiger partial charge on any atom is 0.410 e. The van der Waals surface area contributed by atoms with Crippen LogP contribution in [0.5, 0.6) is 0 Å². The molecule has 9 heteroatoms. The van der Waals surface area contributed by atoms with Gasteiger partial charge in [0.15, 0.2) is 5.96 Å². The molecular weight excluding hydrogens is 370 g/mol. The van der Waals surface area contributed by atoms with E-state index in [2.05, 4.69) is 32.5 Å². The molecule has 29 heavy (non-hydrogen) atoms. The number of aromatic nitrogens is 2. The number of piperazine rings is 1. The lowest BCUT2D eigenvalue weighted by Gasteiger charge is -2.35. The van der Waals surface area contributed by atoms with Crippen molar-refractivity contribution in [2.45, 2.75) is 46.3 Å². The second kappa shape index (κ2) is 11.6. The summed E-state index contributed by atoms with van der Waals surface area (Å²) < 4.78 is 7.37. The molecule has 164 valence electrons. The fraction of sp³-hybridized carbons (Fsp3) is 0.750. The first-order valence-corrected chi connectivity index (χ1v) is 10.6. The quantitative estimate of drug-likeness (QED) is 0.385. The van der Waals surface area contributed by atoms with Gasteiger partial charge in [-0.2, -0.15) is 5.10 Å². The fourth-order valence-corrected chi connectivity index (χ4v) is 3.01. The van der Waals surface area contributed by atoms with Crippen molar-refractivity contribution in [3.8, 4) is 0 Å². The van der Waals surface area contributed by atoms with Crippen LogP contribution >= 0.6 is 0 Å². The van der Waals surface area contributed by atoms with E-state index in [1.54, 1.807) is 11.1 Å². The number of nitrogens with zero attached hydrogens (tertiary/aromatic N) is 5. The fourth-order valence-electron chi connectivity index (χ4n) is 3.01. The Labute approximate surface area is 174 Å². The Kier molecular flexibility index (Phi) is 9.24. The molecule has 2 N–H and O–H groups in total. The van der Waals surface area contributed by atoms with E-state index >= 15 is 0 Å². The van der Waals surface area contributed by atoms with Crippen molar-refractivity contribution < 1.29 is 9.53 Å². The van der Waals surface area contributed by atoms with Crippen LogP contribution in [0.25, 0.3) is 0 Å². The number of guanidine groups is 1. The standard InChI is InChI=1S/C20H37N7O2/c1-5-21-18(22-8-6-11-27-12-7-9-24-27)23-10-13-25-14-16-26(17-15-25)19(28)29-20(2,3)4/h7,9,12H,5-6,8,10-11,13-17H2,1-4H3,(H2,21,22,23). The van der Waals surface area contributed by atoms with Gasteiger partial charge in [0.05, 0.1) is 0 Å². The van der Waals surface area contributed by atoms with Gasteiger partial charge in [0.2, 0.25) is 0 Å². The van der Waals surface area contributed by atoms with E-state index in [1.165, 1.54) is 0 Å². The summed E-state index contributed by atoms with van der Waals surface area (Å²) in [6.07, 6.45) is 4.50. The molecule has 0 spiro atoms. The minimum atomic E-state index is -0.446. The number of carbonyl (C=O) groups is 1. The molecule has 1 fully saturated rings. The van der Waals surface area contributed by atoms with Crippen molar-refractivity contribution in [3.63, 3.8) is 0 Å². The first-order chi connectivity index (χ1) is 13.9. The third-order valence-electron chi connectivity index (χ3n) is 4.46. The zero-order valence-corrected chi connectivity index (χ0v) is 18.4. The third kappa shape index (κ3) is 9.17. The maximum absolute atomic E-state index is 12.1. The molecule has 0 atom stereocenters.